The van der Waals surface area contributed by atoms with Crippen molar-refractivity contribution < 1.29 is 13.4 Å². The maximum absolute atomic E-state index is 12.3. The number of benzene rings is 2. The number of amides is 1. The topological polar surface area (TPSA) is 59.3 Å². The molecule has 0 radical (unpaired) electrons. The van der Waals surface area contributed by atoms with Gasteiger partial charge in [0, 0.05) is 28.1 Å². The Bertz CT molecular complexity index is 908. The van der Waals surface area contributed by atoms with Crippen molar-refractivity contribution in [2.45, 2.75) is 18.1 Å². The Hall–Kier alpha value is -2.37. The zero-order chi connectivity index (χ0) is 18.4. The summed E-state index contributed by atoms with van der Waals surface area (Å²) in [6, 6.07) is 20.2. The fourth-order valence-electron chi connectivity index (χ4n) is 2.47. The lowest BCUT2D eigenvalue weighted by molar-refractivity contribution is 0.0921. The standard InChI is InChI=1S/C20H18ClNO3S/c21-17-8-4-7-16(11-17)13-26(24)14-18-9-10-19(25-18)20(23)22-12-15-5-2-1-3-6-15/h1-11H,12-14H2,(H,22,23)/t26-/m0/s1. The average molecular weight is 388 g/mol. The highest BCUT2D eigenvalue weighted by Gasteiger charge is 2.13. The zero-order valence-electron chi connectivity index (χ0n) is 14.0. The summed E-state index contributed by atoms with van der Waals surface area (Å²) in [7, 11) is -1.15. The van der Waals surface area contributed by atoms with E-state index < -0.39 is 10.8 Å². The van der Waals surface area contributed by atoms with Crippen LogP contribution in [0.3, 0.4) is 0 Å². The first-order chi connectivity index (χ1) is 12.6. The summed E-state index contributed by atoms with van der Waals surface area (Å²) in [4.78, 5) is 12.2. The third-order valence-corrected chi connectivity index (χ3v) is 5.20. The molecule has 0 fully saturated rings. The number of furan rings is 1. The molecule has 26 heavy (non-hydrogen) atoms. The molecule has 1 aromatic heterocycles. The smallest absolute Gasteiger partial charge is 0.287 e. The molecule has 0 aliphatic heterocycles. The van der Waals surface area contributed by atoms with Crippen LogP contribution < -0.4 is 5.32 Å². The number of hydrogen-bond acceptors (Lipinski definition) is 3. The fraction of sp³-hybridized carbons (Fsp3) is 0.150. The van der Waals surface area contributed by atoms with E-state index in [-0.39, 0.29) is 17.4 Å². The first-order valence-corrected chi connectivity index (χ1v) is 9.97. The van der Waals surface area contributed by atoms with Gasteiger partial charge < -0.3 is 9.73 Å². The van der Waals surface area contributed by atoms with Gasteiger partial charge >= 0.3 is 0 Å². The number of carbonyl (C=O) groups is 1. The van der Waals surface area contributed by atoms with E-state index in [0.717, 1.165) is 11.1 Å². The van der Waals surface area contributed by atoms with Crippen LogP contribution in [0.4, 0.5) is 0 Å². The third kappa shape index (κ3) is 5.31. The van der Waals surface area contributed by atoms with Crippen LogP contribution in [0.5, 0.6) is 0 Å². The Balaban J connectivity index is 1.53. The van der Waals surface area contributed by atoms with Crippen molar-refractivity contribution in [3.8, 4) is 0 Å². The highest BCUT2D eigenvalue weighted by molar-refractivity contribution is 7.83. The molecule has 0 spiro atoms. The van der Waals surface area contributed by atoms with Crippen LogP contribution in [-0.2, 0) is 28.9 Å². The van der Waals surface area contributed by atoms with Gasteiger partial charge in [0.1, 0.15) is 5.76 Å². The summed E-state index contributed by atoms with van der Waals surface area (Å²) in [6.07, 6.45) is 0. The second kappa shape index (κ2) is 8.83. The molecule has 0 saturated carbocycles. The molecule has 0 saturated heterocycles. The van der Waals surface area contributed by atoms with E-state index in [1.807, 2.05) is 42.5 Å². The van der Waals surface area contributed by atoms with Gasteiger partial charge in [0.05, 0.1) is 5.75 Å². The third-order valence-electron chi connectivity index (χ3n) is 3.70. The van der Waals surface area contributed by atoms with Crippen LogP contribution in [0.15, 0.2) is 71.1 Å². The molecule has 1 amide bonds. The number of rotatable bonds is 7. The van der Waals surface area contributed by atoms with Gasteiger partial charge in [-0.05, 0) is 35.4 Å². The highest BCUT2D eigenvalue weighted by Crippen LogP contribution is 2.15. The number of hydrogen-bond donors (Lipinski definition) is 1. The van der Waals surface area contributed by atoms with Gasteiger partial charge in [-0.2, -0.15) is 0 Å². The molecule has 4 nitrogen and oxygen atoms in total. The molecule has 1 atom stereocenters. The largest absolute Gasteiger partial charge is 0.455 e. The van der Waals surface area contributed by atoms with Crippen LogP contribution in [0.2, 0.25) is 5.02 Å². The van der Waals surface area contributed by atoms with Crippen LogP contribution in [0, 0.1) is 0 Å². The molecule has 1 heterocycles. The summed E-state index contributed by atoms with van der Waals surface area (Å²) in [5, 5.41) is 3.43. The molecular weight excluding hydrogens is 370 g/mol. The van der Waals surface area contributed by atoms with Gasteiger partial charge in [-0.25, -0.2) is 0 Å². The minimum atomic E-state index is -1.15. The summed E-state index contributed by atoms with van der Waals surface area (Å²) < 4.78 is 17.8. The van der Waals surface area contributed by atoms with Gasteiger partial charge in [-0.1, -0.05) is 54.1 Å². The SMILES string of the molecule is O=C(NCc1ccccc1)c1ccc(C[S@@](=O)Cc2cccc(Cl)c2)o1. The first-order valence-electron chi connectivity index (χ1n) is 8.10. The lowest BCUT2D eigenvalue weighted by Crippen LogP contribution is -2.22. The minimum absolute atomic E-state index is 0.218. The van der Waals surface area contributed by atoms with Crippen LogP contribution in [0.1, 0.15) is 27.4 Å². The Morgan fingerprint density at radius 1 is 0.962 bits per heavy atom. The van der Waals surface area contributed by atoms with Crippen molar-refractivity contribution in [2.75, 3.05) is 0 Å². The molecule has 0 unspecified atom stereocenters. The molecule has 6 heteroatoms. The Morgan fingerprint density at radius 2 is 1.73 bits per heavy atom. The summed E-state index contributed by atoms with van der Waals surface area (Å²) >= 11 is 5.94. The van der Waals surface area contributed by atoms with E-state index in [9.17, 15) is 9.00 Å². The molecular formula is C20H18ClNO3S. The normalized spacial score (nSPS) is 11.9. The van der Waals surface area contributed by atoms with E-state index in [2.05, 4.69) is 5.32 Å². The molecule has 3 rings (SSSR count). The first kappa shape index (κ1) is 18.4. The summed E-state index contributed by atoms with van der Waals surface area (Å²) in [5.74, 6) is 1.08. The molecule has 0 aliphatic carbocycles. The average Bonchev–Trinajstić information content (AvgIpc) is 3.09. The molecule has 1 N–H and O–H groups in total. The Labute approximate surface area is 159 Å². The van der Waals surface area contributed by atoms with E-state index in [1.165, 1.54) is 0 Å². The lowest BCUT2D eigenvalue weighted by atomic mass is 10.2. The molecule has 134 valence electrons. The van der Waals surface area contributed by atoms with Crippen molar-refractivity contribution in [3.63, 3.8) is 0 Å². The van der Waals surface area contributed by atoms with Gasteiger partial charge in [-0.3, -0.25) is 9.00 Å². The monoisotopic (exact) mass is 387 g/mol. The predicted molar refractivity (Wildman–Crippen MR) is 103 cm³/mol. The lowest BCUT2D eigenvalue weighted by Gasteiger charge is -2.03. The molecule has 2 aromatic carbocycles. The number of nitrogens with one attached hydrogen (secondary N) is 1. The van der Waals surface area contributed by atoms with E-state index in [1.54, 1.807) is 24.3 Å². The van der Waals surface area contributed by atoms with Crippen molar-refractivity contribution in [1.82, 2.24) is 5.32 Å². The second-order valence-electron chi connectivity index (χ2n) is 5.79. The minimum Gasteiger partial charge on any atom is -0.455 e. The van der Waals surface area contributed by atoms with Gasteiger partial charge in [0.2, 0.25) is 0 Å². The van der Waals surface area contributed by atoms with Crippen molar-refractivity contribution in [2.24, 2.45) is 0 Å². The van der Waals surface area contributed by atoms with Crippen molar-refractivity contribution in [3.05, 3.63) is 94.4 Å². The Morgan fingerprint density at radius 3 is 2.50 bits per heavy atom. The predicted octanol–water partition coefficient (Wildman–Crippen LogP) is 4.31. The second-order valence-corrected chi connectivity index (χ2v) is 7.69. The van der Waals surface area contributed by atoms with Gasteiger partial charge in [0.25, 0.3) is 5.91 Å². The fourth-order valence-corrected chi connectivity index (χ4v) is 3.80. The zero-order valence-corrected chi connectivity index (χ0v) is 15.6. The van der Waals surface area contributed by atoms with E-state index >= 15 is 0 Å². The maximum Gasteiger partial charge on any atom is 0.287 e. The molecule has 3 aromatic rings. The Kier molecular flexibility index (Phi) is 6.26. The van der Waals surface area contributed by atoms with Crippen molar-refractivity contribution >= 4 is 28.3 Å². The van der Waals surface area contributed by atoms with Crippen LogP contribution >= 0.6 is 11.6 Å². The van der Waals surface area contributed by atoms with Crippen LogP contribution in [0.25, 0.3) is 0 Å². The molecule has 0 aliphatic rings. The maximum atomic E-state index is 12.3. The highest BCUT2D eigenvalue weighted by atomic mass is 35.5. The molecule has 0 bridgehead atoms. The van der Waals surface area contributed by atoms with E-state index in [4.69, 9.17) is 16.0 Å². The van der Waals surface area contributed by atoms with E-state index in [0.29, 0.717) is 23.1 Å². The summed E-state index contributed by atoms with van der Waals surface area (Å²) in [5.41, 5.74) is 1.92. The summed E-state index contributed by atoms with van der Waals surface area (Å²) in [6.45, 7) is 0.427. The van der Waals surface area contributed by atoms with Crippen molar-refractivity contribution in [1.29, 1.82) is 0 Å². The number of carbonyl (C=O) groups excluding carboxylic acids is 1. The quantitative estimate of drug-likeness (QED) is 0.657. The number of halogens is 1. The van der Waals surface area contributed by atoms with Crippen LogP contribution in [-0.4, -0.2) is 10.1 Å². The van der Waals surface area contributed by atoms with Gasteiger partial charge in [0.15, 0.2) is 5.76 Å². The van der Waals surface area contributed by atoms with Gasteiger partial charge in [-0.15, -0.1) is 0 Å².